The van der Waals surface area contributed by atoms with Crippen molar-refractivity contribution in [2.45, 2.75) is 18.7 Å². The fraction of sp³-hybridized carbons (Fsp3) is 0.333. The molecule has 1 rings (SSSR count). The second-order valence-electron chi connectivity index (χ2n) is 4.04. The summed E-state index contributed by atoms with van der Waals surface area (Å²) in [7, 11) is -2.77. The van der Waals surface area contributed by atoms with E-state index < -0.39 is 27.2 Å². The molecule has 0 aliphatic carbocycles. The van der Waals surface area contributed by atoms with Crippen LogP contribution < -0.4 is 4.72 Å². The second kappa shape index (κ2) is 6.49. The van der Waals surface area contributed by atoms with E-state index in [0.29, 0.717) is 5.56 Å². The highest BCUT2D eigenvalue weighted by atomic mass is 32.2. The van der Waals surface area contributed by atoms with E-state index in [1.54, 1.807) is 6.07 Å². The Morgan fingerprint density at radius 2 is 2.05 bits per heavy atom. The van der Waals surface area contributed by atoms with Crippen LogP contribution in [0.2, 0.25) is 0 Å². The van der Waals surface area contributed by atoms with Gasteiger partial charge in [-0.15, -0.1) is 0 Å². The van der Waals surface area contributed by atoms with Gasteiger partial charge in [-0.25, -0.2) is 17.9 Å². The molecule has 0 aliphatic rings. The van der Waals surface area contributed by atoms with Gasteiger partial charge in [0, 0.05) is 6.54 Å². The standard InChI is InChI=1S/C12H15NO6S/c1-8(12(16)19-2)20(17,18)13-7-9-4-3-5-10(6-9)11(14)15/h3-6,8,13H,7H2,1-2H3,(H,14,15). The van der Waals surface area contributed by atoms with Crippen LogP contribution in [0, 0.1) is 0 Å². The van der Waals surface area contributed by atoms with Gasteiger partial charge in [0.1, 0.15) is 0 Å². The first-order valence-corrected chi connectivity index (χ1v) is 7.21. The average Bonchev–Trinajstić information content (AvgIpc) is 2.43. The summed E-state index contributed by atoms with van der Waals surface area (Å²) in [6.45, 7) is 1.10. The van der Waals surface area contributed by atoms with E-state index in [-0.39, 0.29) is 12.1 Å². The van der Waals surface area contributed by atoms with E-state index in [4.69, 9.17) is 5.11 Å². The number of carboxylic acid groups (broad SMARTS) is 1. The van der Waals surface area contributed by atoms with Gasteiger partial charge in [-0.1, -0.05) is 12.1 Å². The Hall–Kier alpha value is -1.93. The quantitative estimate of drug-likeness (QED) is 0.734. The molecule has 0 fully saturated rings. The van der Waals surface area contributed by atoms with Gasteiger partial charge in [0.05, 0.1) is 12.7 Å². The highest BCUT2D eigenvalue weighted by molar-refractivity contribution is 7.90. The van der Waals surface area contributed by atoms with Gasteiger partial charge in [-0.05, 0) is 24.6 Å². The number of carbonyl (C=O) groups is 2. The van der Waals surface area contributed by atoms with Gasteiger partial charge in [0.2, 0.25) is 10.0 Å². The maximum Gasteiger partial charge on any atom is 0.335 e. The fourth-order valence-corrected chi connectivity index (χ4v) is 2.38. The molecule has 0 saturated heterocycles. The third kappa shape index (κ3) is 4.04. The molecule has 8 heteroatoms. The average molecular weight is 301 g/mol. The first-order chi connectivity index (χ1) is 9.27. The summed E-state index contributed by atoms with van der Waals surface area (Å²) in [4.78, 5) is 22.0. The number of hydrogen-bond donors (Lipinski definition) is 2. The number of nitrogens with one attached hydrogen (secondary N) is 1. The van der Waals surface area contributed by atoms with Crippen molar-refractivity contribution in [3.8, 4) is 0 Å². The highest BCUT2D eigenvalue weighted by Crippen LogP contribution is 2.07. The molecule has 0 saturated carbocycles. The molecule has 1 unspecified atom stereocenters. The Labute approximate surface area is 116 Å². The molecular weight excluding hydrogens is 286 g/mol. The minimum atomic E-state index is -3.87. The molecule has 110 valence electrons. The third-order valence-electron chi connectivity index (χ3n) is 2.65. The number of esters is 1. The molecule has 0 aromatic heterocycles. The summed E-state index contributed by atoms with van der Waals surface area (Å²) in [5.74, 6) is -1.96. The number of benzene rings is 1. The van der Waals surface area contributed by atoms with Crippen molar-refractivity contribution in [2.24, 2.45) is 0 Å². The number of methoxy groups -OCH3 is 1. The van der Waals surface area contributed by atoms with Gasteiger partial charge in [-0.2, -0.15) is 0 Å². The van der Waals surface area contributed by atoms with E-state index in [1.165, 1.54) is 25.1 Å². The minimum Gasteiger partial charge on any atom is -0.478 e. The maximum atomic E-state index is 11.8. The monoisotopic (exact) mass is 301 g/mol. The van der Waals surface area contributed by atoms with Gasteiger partial charge in [-0.3, -0.25) is 4.79 Å². The summed E-state index contributed by atoms with van der Waals surface area (Å²) >= 11 is 0. The van der Waals surface area contributed by atoms with E-state index in [1.807, 2.05) is 0 Å². The number of hydrogen-bond acceptors (Lipinski definition) is 5. The number of aromatic carboxylic acids is 1. The third-order valence-corrected chi connectivity index (χ3v) is 4.32. The molecule has 1 aromatic rings. The van der Waals surface area contributed by atoms with Crippen molar-refractivity contribution in [1.29, 1.82) is 0 Å². The van der Waals surface area contributed by atoms with Gasteiger partial charge < -0.3 is 9.84 Å². The predicted molar refractivity (Wildman–Crippen MR) is 70.6 cm³/mol. The summed E-state index contributed by atoms with van der Waals surface area (Å²) < 4.78 is 30.2. The summed E-state index contributed by atoms with van der Waals surface area (Å²) in [6, 6.07) is 5.85. The van der Waals surface area contributed by atoms with E-state index in [2.05, 4.69) is 9.46 Å². The Morgan fingerprint density at radius 3 is 2.60 bits per heavy atom. The fourth-order valence-electron chi connectivity index (χ4n) is 1.42. The maximum absolute atomic E-state index is 11.8. The molecule has 0 amide bonds. The number of sulfonamides is 1. The smallest absolute Gasteiger partial charge is 0.335 e. The molecule has 2 N–H and O–H groups in total. The zero-order chi connectivity index (χ0) is 15.3. The summed E-state index contributed by atoms with van der Waals surface area (Å²) in [5.41, 5.74) is 0.535. The Balaban J connectivity index is 2.79. The normalized spacial score (nSPS) is 12.7. The number of carboxylic acids is 1. The van der Waals surface area contributed by atoms with Crippen LogP contribution in [0.1, 0.15) is 22.8 Å². The SMILES string of the molecule is COC(=O)C(C)S(=O)(=O)NCc1cccc(C(=O)O)c1. The lowest BCUT2D eigenvalue weighted by Crippen LogP contribution is -2.37. The molecular formula is C12H15NO6S. The van der Waals surface area contributed by atoms with Crippen LogP contribution in [-0.2, 0) is 26.1 Å². The van der Waals surface area contributed by atoms with Crippen LogP contribution in [0.4, 0.5) is 0 Å². The first-order valence-electron chi connectivity index (χ1n) is 5.66. The van der Waals surface area contributed by atoms with Gasteiger partial charge in [0.25, 0.3) is 0 Å². The molecule has 0 spiro atoms. The summed E-state index contributed by atoms with van der Waals surface area (Å²) in [6.07, 6.45) is 0. The van der Waals surface area contributed by atoms with Crippen molar-refractivity contribution in [1.82, 2.24) is 4.72 Å². The largest absolute Gasteiger partial charge is 0.478 e. The van der Waals surface area contributed by atoms with Crippen LogP contribution in [0.5, 0.6) is 0 Å². The Bertz CT molecular complexity index is 610. The van der Waals surface area contributed by atoms with Crippen molar-refractivity contribution >= 4 is 22.0 Å². The lowest BCUT2D eigenvalue weighted by atomic mass is 10.1. The molecule has 20 heavy (non-hydrogen) atoms. The topological polar surface area (TPSA) is 110 Å². The van der Waals surface area contributed by atoms with Crippen LogP contribution in [-0.4, -0.2) is 37.8 Å². The zero-order valence-electron chi connectivity index (χ0n) is 11.0. The van der Waals surface area contributed by atoms with Crippen LogP contribution in [0.25, 0.3) is 0 Å². The Kier molecular flexibility index (Phi) is 5.23. The molecule has 1 atom stereocenters. The zero-order valence-corrected chi connectivity index (χ0v) is 11.8. The molecule has 0 heterocycles. The molecule has 0 bridgehead atoms. The van der Waals surface area contributed by atoms with E-state index in [9.17, 15) is 18.0 Å². The number of ether oxygens (including phenoxy) is 1. The first kappa shape index (κ1) is 16.1. The van der Waals surface area contributed by atoms with Crippen LogP contribution >= 0.6 is 0 Å². The van der Waals surface area contributed by atoms with E-state index >= 15 is 0 Å². The molecule has 7 nitrogen and oxygen atoms in total. The number of carbonyl (C=O) groups excluding carboxylic acids is 1. The molecule has 0 aliphatic heterocycles. The predicted octanol–water partition coefficient (Wildman–Crippen LogP) is 0.366. The van der Waals surface area contributed by atoms with Gasteiger partial charge >= 0.3 is 11.9 Å². The molecule has 1 aromatic carbocycles. The lowest BCUT2D eigenvalue weighted by Gasteiger charge is -2.12. The summed E-state index contributed by atoms with van der Waals surface area (Å²) in [5, 5.41) is 7.49. The van der Waals surface area contributed by atoms with Crippen molar-refractivity contribution in [3.05, 3.63) is 35.4 Å². The van der Waals surface area contributed by atoms with Crippen LogP contribution in [0.15, 0.2) is 24.3 Å². The highest BCUT2D eigenvalue weighted by Gasteiger charge is 2.28. The lowest BCUT2D eigenvalue weighted by molar-refractivity contribution is -0.139. The van der Waals surface area contributed by atoms with Crippen molar-refractivity contribution in [3.63, 3.8) is 0 Å². The van der Waals surface area contributed by atoms with Crippen molar-refractivity contribution < 1.29 is 27.9 Å². The van der Waals surface area contributed by atoms with E-state index in [0.717, 1.165) is 7.11 Å². The number of rotatable bonds is 6. The van der Waals surface area contributed by atoms with Crippen LogP contribution in [0.3, 0.4) is 0 Å². The van der Waals surface area contributed by atoms with Gasteiger partial charge in [0.15, 0.2) is 5.25 Å². The molecule has 0 radical (unpaired) electrons. The second-order valence-corrected chi connectivity index (χ2v) is 6.12. The Morgan fingerprint density at radius 1 is 1.40 bits per heavy atom. The minimum absolute atomic E-state index is 0.0581. The van der Waals surface area contributed by atoms with Crippen molar-refractivity contribution in [2.75, 3.05) is 7.11 Å².